The molecule has 0 amide bonds. The summed E-state index contributed by atoms with van der Waals surface area (Å²) in [6.45, 7) is 5.98. The molecule has 152 valence electrons. The van der Waals surface area contributed by atoms with Crippen molar-refractivity contribution in [1.82, 2.24) is 4.90 Å². The summed E-state index contributed by atoms with van der Waals surface area (Å²) < 4.78 is 25.3. The number of ether oxygens (including phenoxy) is 2. The highest BCUT2D eigenvalue weighted by atomic mass is 32.1. The number of halogens is 1. The summed E-state index contributed by atoms with van der Waals surface area (Å²) in [6.07, 6.45) is -0.488. The van der Waals surface area contributed by atoms with Crippen molar-refractivity contribution in [3.63, 3.8) is 0 Å². The van der Waals surface area contributed by atoms with E-state index in [0.717, 1.165) is 24.4 Å². The maximum atomic E-state index is 14.0. The van der Waals surface area contributed by atoms with E-state index >= 15 is 0 Å². The SMILES string of the molecule is C[C@@H]1CN(CC(O)COc2cc(F)cc(-c3ccc(C(=O)O)s3)c2)C[C@H](C)O1. The third kappa shape index (κ3) is 5.51. The van der Waals surface area contributed by atoms with E-state index in [1.807, 2.05) is 13.8 Å². The minimum atomic E-state index is -1.01. The minimum Gasteiger partial charge on any atom is -0.491 e. The molecular weight excluding hydrogens is 385 g/mol. The lowest BCUT2D eigenvalue weighted by Gasteiger charge is -2.36. The van der Waals surface area contributed by atoms with E-state index in [4.69, 9.17) is 14.6 Å². The van der Waals surface area contributed by atoms with E-state index in [9.17, 15) is 14.3 Å². The average molecular weight is 409 g/mol. The van der Waals surface area contributed by atoms with E-state index in [1.54, 1.807) is 12.1 Å². The number of carbonyl (C=O) groups is 1. The van der Waals surface area contributed by atoms with E-state index in [0.29, 0.717) is 22.7 Å². The van der Waals surface area contributed by atoms with Gasteiger partial charge in [0.2, 0.25) is 0 Å². The predicted molar refractivity (Wildman–Crippen MR) is 105 cm³/mol. The Kier molecular flexibility index (Phi) is 6.66. The molecule has 3 atom stereocenters. The minimum absolute atomic E-state index is 0.0355. The smallest absolute Gasteiger partial charge is 0.345 e. The van der Waals surface area contributed by atoms with Crippen molar-refractivity contribution in [2.24, 2.45) is 0 Å². The molecule has 1 aromatic carbocycles. The largest absolute Gasteiger partial charge is 0.491 e. The second-order valence-electron chi connectivity index (χ2n) is 7.09. The van der Waals surface area contributed by atoms with E-state index in [-0.39, 0.29) is 23.7 Å². The summed E-state index contributed by atoms with van der Waals surface area (Å²) >= 11 is 1.07. The van der Waals surface area contributed by atoms with Gasteiger partial charge in [-0.15, -0.1) is 11.3 Å². The van der Waals surface area contributed by atoms with Crippen molar-refractivity contribution in [1.29, 1.82) is 0 Å². The first kappa shape index (κ1) is 20.7. The molecule has 0 bridgehead atoms. The zero-order valence-corrected chi connectivity index (χ0v) is 16.6. The van der Waals surface area contributed by atoms with E-state index in [2.05, 4.69) is 4.90 Å². The number of hydrogen-bond acceptors (Lipinski definition) is 6. The van der Waals surface area contributed by atoms with Gasteiger partial charge in [0, 0.05) is 30.6 Å². The molecule has 1 aliphatic rings. The first-order chi connectivity index (χ1) is 13.3. The van der Waals surface area contributed by atoms with Crippen molar-refractivity contribution >= 4 is 17.3 Å². The van der Waals surface area contributed by atoms with Crippen LogP contribution in [0.2, 0.25) is 0 Å². The average Bonchev–Trinajstić information content (AvgIpc) is 3.09. The van der Waals surface area contributed by atoms with Crippen molar-refractivity contribution in [3.05, 3.63) is 41.0 Å². The Morgan fingerprint density at radius 1 is 1.32 bits per heavy atom. The highest BCUT2D eigenvalue weighted by Crippen LogP contribution is 2.31. The number of benzene rings is 1. The number of aliphatic hydroxyl groups excluding tert-OH is 1. The Bertz CT molecular complexity index is 817. The molecule has 1 unspecified atom stereocenters. The van der Waals surface area contributed by atoms with Crippen LogP contribution < -0.4 is 4.74 Å². The zero-order chi connectivity index (χ0) is 20.3. The van der Waals surface area contributed by atoms with Crippen molar-refractivity contribution in [3.8, 4) is 16.2 Å². The summed E-state index contributed by atoms with van der Waals surface area (Å²) in [5.74, 6) is -1.20. The molecule has 2 heterocycles. The maximum absolute atomic E-state index is 14.0. The van der Waals surface area contributed by atoms with Crippen LogP contribution in [-0.4, -0.2) is 65.6 Å². The quantitative estimate of drug-likeness (QED) is 0.732. The first-order valence-corrected chi connectivity index (χ1v) is 9.94. The predicted octanol–water partition coefficient (Wildman–Crippen LogP) is 3.10. The van der Waals surface area contributed by atoms with E-state index < -0.39 is 17.9 Å². The second kappa shape index (κ2) is 9.00. The highest BCUT2D eigenvalue weighted by Gasteiger charge is 2.24. The van der Waals surface area contributed by atoms with Crippen LogP contribution in [0.3, 0.4) is 0 Å². The Morgan fingerprint density at radius 2 is 2.04 bits per heavy atom. The lowest BCUT2D eigenvalue weighted by Crippen LogP contribution is -2.48. The number of β-amino-alcohol motifs (C(OH)–C–C–N with tert-alkyl or cyclic N) is 1. The molecule has 0 spiro atoms. The Balaban J connectivity index is 1.61. The fraction of sp³-hybridized carbons (Fsp3) is 0.450. The van der Waals surface area contributed by atoms with Gasteiger partial charge in [0.25, 0.3) is 0 Å². The second-order valence-corrected chi connectivity index (χ2v) is 8.17. The van der Waals surface area contributed by atoms with Gasteiger partial charge in [0.05, 0.1) is 12.2 Å². The molecule has 2 aromatic rings. The summed E-state index contributed by atoms with van der Waals surface area (Å²) in [4.78, 5) is 14.0. The zero-order valence-electron chi connectivity index (χ0n) is 15.8. The lowest BCUT2D eigenvalue weighted by atomic mass is 10.1. The number of morpholine rings is 1. The van der Waals surface area contributed by atoms with Crippen LogP contribution in [0.5, 0.6) is 5.75 Å². The molecule has 6 nitrogen and oxygen atoms in total. The molecule has 0 radical (unpaired) electrons. The van der Waals surface area contributed by atoms with Gasteiger partial charge in [-0.1, -0.05) is 0 Å². The number of hydrogen-bond donors (Lipinski definition) is 2. The van der Waals surface area contributed by atoms with Gasteiger partial charge < -0.3 is 19.7 Å². The van der Waals surface area contributed by atoms with Crippen LogP contribution in [0.15, 0.2) is 30.3 Å². The molecule has 0 aliphatic carbocycles. The number of carboxylic acid groups (broad SMARTS) is 1. The molecule has 1 aliphatic heterocycles. The summed E-state index contributed by atoms with van der Waals surface area (Å²) in [5, 5.41) is 19.3. The fourth-order valence-electron chi connectivity index (χ4n) is 3.37. The van der Waals surface area contributed by atoms with Crippen LogP contribution in [0.25, 0.3) is 10.4 Å². The molecule has 0 saturated carbocycles. The van der Waals surface area contributed by atoms with Gasteiger partial charge in [0.15, 0.2) is 0 Å². The van der Waals surface area contributed by atoms with Crippen LogP contribution in [0.1, 0.15) is 23.5 Å². The standard InChI is InChI=1S/C20H24FNO5S/c1-12-8-22(9-13(2)27-12)10-16(23)11-26-17-6-14(5-15(21)7-17)18-3-4-19(28-18)20(24)25/h3-7,12-13,16,23H,8-11H2,1-2H3,(H,24,25)/t12-,13+,16?. The van der Waals surface area contributed by atoms with Crippen LogP contribution in [-0.2, 0) is 4.74 Å². The van der Waals surface area contributed by atoms with Gasteiger partial charge in [-0.25, -0.2) is 9.18 Å². The topological polar surface area (TPSA) is 79.2 Å². The number of rotatable bonds is 7. The highest BCUT2D eigenvalue weighted by molar-refractivity contribution is 7.17. The Morgan fingerprint density at radius 3 is 2.68 bits per heavy atom. The van der Waals surface area contributed by atoms with Crippen molar-refractivity contribution in [2.75, 3.05) is 26.2 Å². The van der Waals surface area contributed by atoms with Crippen LogP contribution >= 0.6 is 11.3 Å². The summed E-state index contributed by atoms with van der Waals surface area (Å²) in [7, 11) is 0. The molecule has 3 rings (SSSR count). The van der Waals surface area contributed by atoms with Gasteiger partial charge >= 0.3 is 5.97 Å². The van der Waals surface area contributed by atoms with Gasteiger partial charge in [0.1, 0.15) is 29.2 Å². The van der Waals surface area contributed by atoms with Gasteiger partial charge in [-0.2, -0.15) is 0 Å². The molecule has 8 heteroatoms. The Hall–Kier alpha value is -2.00. The lowest BCUT2D eigenvalue weighted by molar-refractivity contribution is -0.0786. The number of aliphatic hydroxyl groups is 1. The number of carboxylic acids is 1. The van der Waals surface area contributed by atoms with Crippen molar-refractivity contribution in [2.45, 2.75) is 32.2 Å². The first-order valence-electron chi connectivity index (χ1n) is 9.13. The number of aromatic carboxylic acids is 1. The molecule has 1 fully saturated rings. The van der Waals surface area contributed by atoms with Crippen LogP contribution in [0, 0.1) is 5.82 Å². The molecule has 28 heavy (non-hydrogen) atoms. The Labute approximate surface area is 167 Å². The van der Waals surface area contributed by atoms with Crippen molar-refractivity contribution < 1.29 is 28.9 Å². The third-order valence-electron chi connectivity index (χ3n) is 4.38. The van der Waals surface area contributed by atoms with Gasteiger partial charge in [-0.3, -0.25) is 4.90 Å². The summed E-state index contributed by atoms with van der Waals surface area (Å²) in [5.41, 5.74) is 0.540. The monoisotopic (exact) mass is 409 g/mol. The van der Waals surface area contributed by atoms with Crippen LogP contribution in [0.4, 0.5) is 4.39 Å². The number of thiophene rings is 1. The molecular formula is C20H24FNO5S. The molecule has 1 saturated heterocycles. The fourth-order valence-corrected chi connectivity index (χ4v) is 4.21. The normalized spacial score (nSPS) is 21.4. The molecule has 1 aromatic heterocycles. The maximum Gasteiger partial charge on any atom is 0.345 e. The molecule has 2 N–H and O–H groups in total. The van der Waals surface area contributed by atoms with E-state index in [1.165, 1.54) is 18.2 Å². The summed E-state index contributed by atoms with van der Waals surface area (Å²) in [6, 6.07) is 7.36. The number of nitrogens with zero attached hydrogens (tertiary/aromatic N) is 1. The third-order valence-corrected chi connectivity index (χ3v) is 5.50. The van der Waals surface area contributed by atoms with Gasteiger partial charge in [-0.05, 0) is 43.7 Å².